The average molecular weight is 363 g/mol. The third kappa shape index (κ3) is 3.27. The highest BCUT2D eigenvalue weighted by atomic mass is 79.9. The van der Waals surface area contributed by atoms with E-state index < -0.39 is 0 Å². The van der Waals surface area contributed by atoms with E-state index in [0.717, 1.165) is 0 Å². The van der Waals surface area contributed by atoms with Crippen molar-refractivity contribution in [1.29, 1.82) is 0 Å². The number of hydrogen-bond acceptors (Lipinski definition) is 1. The smallest absolute Gasteiger partial charge is 0.0738 e. The highest BCUT2D eigenvalue weighted by molar-refractivity contribution is 9.09. The molecule has 2 aromatic rings. The SMILES string of the molecule is CCC(C)c1ccc(C(Br)c2cc3c(s2)CCCC3)cc1. The van der Waals surface area contributed by atoms with Gasteiger partial charge in [-0.05, 0) is 60.8 Å². The van der Waals surface area contributed by atoms with Gasteiger partial charge in [-0.1, -0.05) is 54.0 Å². The summed E-state index contributed by atoms with van der Waals surface area (Å²) < 4.78 is 0. The van der Waals surface area contributed by atoms with E-state index in [1.807, 2.05) is 11.3 Å². The highest BCUT2D eigenvalue weighted by Crippen LogP contribution is 2.39. The molecule has 0 saturated carbocycles. The molecule has 0 saturated heterocycles. The molecule has 0 spiro atoms. The van der Waals surface area contributed by atoms with Crippen LogP contribution in [0.25, 0.3) is 0 Å². The van der Waals surface area contributed by atoms with Crippen LogP contribution in [0.5, 0.6) is 0 Å². The van der Waals surface area contributed by atoms with Crippen LogP contribution in [0.15, 0.2) is 30.3 Å². The van der Waals surface area contributed by atoms with E-state index in [0.29, 0.717) is 10.7 Å². The predicted molar refractivity (Wildman–Crippen MR) is 96.9 cm³/mol. The lowest BCUT2D eigenvalue weighted by Crippen LogP contribution is -1.96. The van der Waals surface area contributed by atoms with Gasteiger partial charge in [0.25, 0.3) is 0 Å². The fourth-order valence-electron chi connectivity index (χ4n) is 3.03. The largest absolute Gasteiger partial charge is 0.144 e. The summed E-state index contributed by atoms with van der Waals surface area (Å²) in [7, 11) is 0. The Hall–Kier alpha value is -0.600. The molecule has 2 atom stereocenters. The highest BCUT2D eigenvalue weighted by Gasteiger charge is 2.18. The van der Waals surface area contributed by atoms with Gasteiger partial charge in [0.2, 0.25) is 0 Å². The molecule has 2 heteroatoms. The molecule has 0 bridgehead atoms. The van der Waals surface area contributed by atoms with Gasteiger partial charge in [0, 0.05) is 9.75 Å². The molecule has 1 heterocycles. The van der Waals surface area contributed by atoms with Crippen molar-refractivity contribution in [1.82, 2.24) is 0 Å². The van der Waals surface area contributed by atoms with Crippen LogP contribution < -0.4 is 0 Å². The summed E-state index contributed by atoms with van der Waals surface area (Å²) in [6, 6.07) is 11.6. The maximum atomic E-state index is 3.91. The molecule has 112 valence electrons. The number of halogens is 1. The summed E-state index contributed by atoms with van der Waals surface area (Å²) in [4.78, 5) is 3.44. The number of thiophene rings is 1. The Labute approximate surface area is 140 Å². The van der Waals surface area contributed by atoms with Crippen molar-refractivity contribution in [3.63, 3.8) is 0 Å². The summed E-state index contributed by atoms with van der Waals surface area (Å²) in [5.41, 5.74) is 4.42. The second-order valence-corrected chi connectivity index (χ2v) is 8.23. The van der Waals surface area contributed by atoms with Gasteiger partial charge in [-0.25, -0.2) is 0 Å². The molecule has 0 amide bonds. The Bertz CT molecular complexity index is 573. The lowest BCUT2D eigenvalue weighted by molar-refractivity contribution is 0.697. The zero-order chi connectivity index (χ0) is 14.8. The Morgan fingerprint density at radius 3 is 2.43 bits per heavy atom. The van der Waals surface area contributed by atoms with E-state index in [1.165, 1.54) is 48.1 Å². The van der Waals surface area contributed by atoms with Gasteiger partial charge >= 0.3 is 0 Å². The van der Waals surface area contributed by atoms with Crippen LogP contribution in [0, 0.1) is 0 Å². The van der Waals surface area contributed by atoms with Gasteiger partial charge in [-0.15, -0.1) is 11.3 Å². The summed E-state index contributed by atoms with van der Waals surface area (Å²) in [5.74, 6) is 0.655. The van der Waals surface area contributed by atoms with Crippen molar-refractivity contribution in [3.8, 4) is 0 Å². The summed E-state index contributed by atoms with van der Waals surface area (Å²) in [6.07, 6.45) is 6.49. The molecule has 3 rings (SSSR count). The average Bonchev–Trinajstić information content (AvgIpc) is 2.97. The Morgan fingerprint density at radius 1 is 1.10 bits per heavy atom. The molecule has 1 aliphatic carbocycles. The molecule has 2 unspecified atom stereocenters. The van der Waals surface area contributed by atoms with E-state index in [1.54, 1.807) is 10.4 Å². The van der Waals surface area contributed by atoms with Crippen LogP contribution in [-0.2, 0) is 12.8 Å². The van der Waals surface area contributed by atoms with E-state index in [4.69, 9.17) is 0 Å². The van der Waals surface area contributed by atoms with Crippen molar-refractivity contribution < 1.29 is 0 Å². The minimum absolute atomic E-state index is 0.346. The standard InChI is InChI=1S/C19H23BrS/c1-3-13(2)14-8-10-15(11-9-14)19(20)18-12-16-6-4-5-7-17(16)21-18/h8-13,19H,3-7H2,1-2H3. The van der Waals surface area contributed by atoms with E-state index >= 15 is 0 Å². The maximum Gasteiger partial charge on any atom is 0.0738 e. The van der Waals surface area contributed by atoms with Crippen LogP contribution in [0.1, 0.15) is 70.3 Å². The van der Waals surface area contributed by atoms with Gasteiger partial charge in [0.1, 0.15) is 0 Å². The van der Waals surface area contributed by atoms with Gasteiger partial charge in [0.05, 0.1) is 4.83 Å². The Morgan fingerprint density at radius 2 is 1.76 bits per heavy atom. The van der Waals surface area contributed by atoms with Crippen LogP contribution in [-0.4, -0.2) is 0 Å². The van der Waals surface area contributed by atoms with Crippen LogP contribution in [0.2, 0.25) is 0 Å². The molecular formula is C19H23BrS. The summed E-state index contributed by atoms with van der Waals surface area (Å²) in [5, 5.41) is 0. The molecule has 0 fully saturated rings. The van der Waals surface area contributed by atoms with Crippen molar-refractivity contribution in [2.45, 2.75) is 56.7 Å². The normalized spacial score (nSPS) is 17.3. The first-order valence-corrected chi connectivity index (χ1v) is 9.77. The van der Waals surface area contributed by atoms with Gasteiger partial charge < -0.3 is 0 Å². The molecular weight excluding hydrogens is 340 g/mol. The molecule has 1 aliphatic rings. The molecule has 21 heavy (non-hydrogen) atoms. The Balaban J connectivity index is 1.81. The lowest BCUT2D eigenvalue weighted by Gasteiger charge is -2.12. The fraction of sp³-hybridized carbons (Fsp3) is 0.474. The van der Waals surface area contributed by atoms with Gasteiger partial charge in [-0.3, -0.25) is 0 Å². The topological polar surface area (TPSA) is 0 Å². The number of aryl methyl sites for hydroxylation is 2. The van der Waals surface area contributed by atoms with Crippen molar-refractivity contribution >= 4 is 27.3 Å². The molecule has 0 N–H and O–H groups in total. The summed E-state index contributed by atoms with van der Waals surface area (Å²) >= 11 is 5.92. The lowest BCUT2D eigenvalue weighted by atomic mass is 9.96. The fourth-order valence-corrected chi connectivity index (χ4v) is 5.01. The molecule has 0 aliphatic heterocycles. The first-order chi connectivity index (χ1) is 10.2. The predicted octanol–water partition coefficient (Wildman–Crippen LogP) is 6.62. The first kappa shape index (κ1) is 15.3. The molecule has 1 aromatic carbocycles. The maximum absolute atomic E-state index is 3.91. The monoisotopic (exact) mass is 362 g/mol. The number of hydrogen-bond donors (Lipinski definition) is 0. The second kappa shape index (κ2) is 6.66. The van der Waals surface area contributed by atoms with Gasteiger partial charge in [-0.2, -0.15) is 0 Å². The zero-order valence-electron chi connectivity index (χ0n) is 12.9. The van der Waals surface area contributed by atoms with Crippen molar-refractivity contribution in [2.75, 3.05) is 0 Å². The first-order valence-electron chi connectivity index (χ1n) is 8.04. The minimum atomic E-state index is 0.346. The van der Waals surface area contributed by atoms with Crippen molar-refractivity contribution in [3.05, 3.63) is 56.8 Å². The molecule has 0 radical (unpaired) electrons. The number of fused-ring (bicyclic) bond motifs is 1. The van der Waals surface area contributed by atoms with Gasteiger partial charge in [0.15, 0.2) is 0 Å². The third-order valence-electron chi connectivity index (χ3n) is 4.68. The van der Waals surface area contributed by atoms with Crippen LogP contribution in [0.3, 0.4) is 0 Å². The zero-order valence-corrected chi connectivity index (χ0v) is 15.3. The van der Waals surface area contributed by atoms with Crippen LogP contribution >= 0.6 is 27.3 Å². The number of rotatable bonds is 4. The van der Waals surface area contributed by atoms with E-state index in [-0.39, 0.29) is 0 Å². The minimum Gasteiger partial charge on any atom is -0.144 e. The molecule has 1 aromatic heterocycles. The number of alkyl halides is 1. The van der Waals surface area contributed by atoms with E-state index in [9.17, 15) is 0 Å². The quantitative estimate of drug-likeness (QED) is 0.535. The third-order valence-corrected chi connectivity index (χ3v) is 7.30. The second-order valence-electron chi connectivity index (χ2n) is 6.14. The van der Waals surface area contributed by atoms with Crippen LogP contribution in [0.4, 0.5) is 0 Å². The molecule has 0 nitrogen and oxygen atoms in total. The van der Waals surface area contributed by atoms with E-state index in [2.05, 4.69) is 60.1 Å². The van der Waals surface area contributed by atoms with Crippen molar-refractivity contribution in [2.24, 2.45) is 0 Å². The summed E-state index contributed by atoms with van der Waals surface area (Å²) in [6.45, 7) is 4.55. The Kier molecular flexibility index (Phi) is 4.85. The number of benzene rings is 1.